The van der Waals surface area contributed by atoms with Crippen LogP contribution in [0.4, 0.5) is 10.1 Å². The lowest BCUT2D eigenvalue weighted by atomic mass is 10.2. The van der Waals surface area contributed by atoms with Gasteiger partial charge in [0, 0.05) is 32.1 Å². The number of amides is 1. The number of hydrogen-bond acceptors (Lipinski definition) is 6. The largest absolute Gasteiger partial charge is 0.490 e. The maximum atomic E-state index is 13.5. The van der Waals surface area contributed by atoms with Crippen LogP contribution in [-0.2, 0) is 17.1 Å². The number of carbonyl (C=O) groups is 1. The van der Waals surface area contributed by atoms with Gasteiger partial charge in [-0.15, -0.1) is 5.92 Å². The fourth-order valence-corrected chi connectivity index (χ4v) is 3.44. The minimum Gasteiger partial charge on any atom is -0.490 e. The zero-order valence-electron chi connectivity index (χ0n) is 16.7. The normalized spacial score (nSPS) is 11.6. The van der Waals surface area contributed by atoms with Crippen LogP contribution in [0.1, 0.15) is 29.4 Å². The van der Waals surface area contributed by atoms with Crippen molar-refractivity contribution >= 4 is 28.3 Å². The number of nitrogens with zero attached hydrogens (tertiary/aromatic N) is 3. The van der Waals surface area contributed by atoms with Crippen LogP contribution in [0, 0.1) is 29.0 Å². The second-order valence-corrected chi connectivity index (χ2v) is 7.84. The third-order valence-corrected chi connectivity index (χ3v) is 5.25. The molecule has 0 saturated heterocycles. The van der Waals surface area contributed by atoms with Crippen molar-refractivity contribution in [1.82, 2.24) is 4.57 Å². The van der Waals surface area contributed by atoms with Crippen molar-refractivity contribution in [3.8, 4) is 23.7 Å². The molecule has 0 radical (unpaired) electrons. The van der Waals surface area contributed by atoms with Crippen LogP contribution >= 0.6 is 0 Å². The highest BCUT2D eigenvalue weighted by Gasteiger charge is 2.29. The van der Waals surface area contributed by atoms with Crippen molar-refractivity contribution in [3.63, 3.8) is 0 Å². The van der Waals surface area contributed by atoms with Gasteiger partial charge < -0.3 is 19.7 Å². The number of aliphatic hydroxyl groups is 1. The number of ether oxygens (including phenoxy) is 1. The van der Waals surface area contributed by atoms with Gasteiger partial charge >= 0.3 is 0 Å². The number of rotatable bonds is 8. The summed E-state index contributed by atoms with van der Waals surface area (Å²) in [6.45, 7) is 4.44. The Hall–Kier alpha value is -3.67. The summed E-state index contributed by atoms with van der Waals surface area (Å²) in [4.78, 5) is 12.5. The Labute approximate surface area is 178 Å². The number of nitrogens with one attached hydrogen (secondary N) is 1. The van der Waals surface area contributed by atoms with E-state index in [2.05, 4.69) is 28.3 Å². The number of sulfonamides is 1. The predicted molar refractivity (Wildman–Crippen MR) is 111 cm³/mol. The molecule has 1 heterocycles. The van der Waals surface area contributed by atoms with E-state index in [9.17, 15) is 22.7 Å². The molecule has 0 spiro atoms. The van der Waals surface area contributed by atoms with Gasteiger partial charge in [-0.3, -0.25) is 4.79 Å². The fourth-order valence-electron chi connectivity index (χ4n) is 2.62. The number of halogens is 1. The Morgan fingerprint density at radius 2 is 2.19 bits per heavy atom. The van der Waals surface area contributed by atoms with Crippen LogP contribution in [0.5, 0.6) is 5.75 Å². The molecule has 0 saturated carbocycles. The van der Waals surface area contributed by atoms with Crippen molar-refractivity contribution in [3.05, 3.63) is 41.5 Å². The third kappa shape index (κ3) is 5.48. The summed E-state index contributed by atoms with van der Waals surface area (Å²) < 4.78 is 47.9. The van der Waals surface area contributed by atoms with Crippen molar-refractivity contribution < 1.29 is 27.4 Å². The summed E-state index contributed by atoms with van der Waals surface area (Å²) in [6.07, 6.45) is 0.204. The van der Waals surface area contributed by atoms with E-state index in [1.165, 1.54) is 17.7 Å². The maximum Gasteiger partial charge on any atom is 0.286 e. The number of carbonyl (C=O) groups excluding carboxylic acids is 1. The van der Waals surface area contributed by atoms with E-state index >= 15 is 0 Å². The zero-order chi connectivity index (χ0) is 23.2. The van der Waals surface area contributed by atoms with Gasteiger partial charge in [0.25, 0.3) is 15.9 Å². The van der Waals surface area contributed by atoms with Gasteiger partial charge in [0.05, 0.1) is 12.2 Å². The lowest BCUT2D eigenvalue weighted by Crippen LogP contribution is -2.18. The zero-order valence-corrected chi connectivity index (χ0v) is 17.5. The predicted octanol–water partition coefficient (Wildman–Crippen LogP) is 1.83. The minimum absolute atomic E-state index is 0.0568. The Morgan fingerprint density at radius 3 is 2.81 bits per heavy atom. The van der Waals surface area contributed by atoms with E-state index in [-0.39, 0.29) is 40.6 Å². The second kappa shape index (κ2) is 9.89. The Bertz CT molecular complexity index is 1220. The number of aryl methyl sites for hydroxylation is 1. The molecule has 1 aromatic heterocycles. The molecule has 31 heavy (non-hydrogen) atoms. The average molecular weight is 446 g/mol. The van der Waals surface area contributed by atoms with Crippen LogP contribution in [0.15, 0.2) is 33.7 Å². The van der Waals surface area contributed by atoms with E-state index in [0.717, 1.165) is 18.3 Å². The topological polar surface area (TPSA) is 134 Å². The van der Waals surface area contributed by atoms with Gasteiger partial charge in [0.15, 0.2) is 11.4 Å². The van der Waals surface area contributed by atoms with Crippen molar-refractivity contribution in [1.29, 1.82) is 5.26 Å². The summed E-state index contributed by atoms with van der Waals surface area (Å²) in [5.74, 6) is 3.25. The van der Waals surface area contributed by atoms with Crippen LogP contribution < -0.4 is 10.1 Å². The molecule has 2 rings (SSSR count). The summed E-state index contributed by atoms with van der Waals surface area (Å²) >= 11 is 0. The van der Waals surface area contributed by atoms with Gasteiger partial charge in [0.2, 0.25) is 0 Å². The SMILES string of the molecule is C=NS(=O)(=O)c1cn(C)c(C(=O)Nc2ccc(F)c(C#N)c2)c1OCC[C@@H](O)C#CC. The second-order valence-electron chi connectivity index (χ2n) is 6.19. The highest BCUT2D eigenvalue weighted by Crippen LogP contribution is 2.32. The number of nitriles is 1. The molecule has 1 amide bonds. The van der Waals surface area contributed by atoms with Crippen molar-refractivity contribution in [2.24, 2.45) is 11.4 Å². The molecular weight excluding hydrogens is 427 g/mol. The molecule has 0 unspecified atom stereocenters. The lowest BCUT2D eigenvalue weighted by Gasteiger charge is -2.12. The average Bonchev–Trinajstić information content (AvgIpc) is 3.06. The van der Waals surface area contributed by atoms with Crippen LogP contribution in [-0.4, -0.2) is 43.4 Å². The van der Waals surface area contributed by atoms with E-state index in [1.807, 2.05) is 0 Å². The molecular formula is C20H19FN4O5S. The van der Waals surface area contributed by atoms with Gasteiger partial charge in [0.1, 0.15) is 22.9 Å². The van der Waals surface area contributed by atoms with E-state index in [0.29, 0.717) is 0 Å². The van der Waals surface area contributed by atoms with Crippen LogP contribution in [0.2, 0.25) is 0 Å². The first-order valence-corrected chi connectivity index (χ1v) is 10.2. The molecule has 9 nitrogen and oxygen atoms in total. The molecule has 0 bridgehead atoms. The van der Waals surface area contributed by atoms with Gasteiger partial charge in [-0.2, -0.15) is 18.1 Å². The van der Waals surface area contributed by atoms with E-state index < -0.39 is 27.9 Å². The summed E-state index contributed by atoms with van der Waals surface area (Å²) in [5, 5.41) is 21.1. The molecule has 2 aromatic rings. The number of hydrogen-bond donors (Lipinski definition) is 2. The quantitative estimate of drug-likeness (QED) is 0.469. The molecule has 1 aromatic carbocycles. The number of benzene rings is 1. The van der Waals surface area contributed by atoms with Crippen molar-refractivity contribution in [2.75, 3.05) is 11.9 Å². The molecule has 0 aliphatic carbocycles. The number of aromatic nitrogens is 1. The van der Waals surface area contributed by atoms with E-state index in [4.69, 9.17) is 10.00 Å². The first kappa shape index (κ1) is 23.6. The summed E-state index contributed by atoms with van der Waals surface area (Å²) in [7, 11) is -2.79. The summed E-state index contributed by atoms with van der Waals surface area (Å²) in [5.41, 5.74) is -0.317. The molecule has 0 aliphatic rings. The van der Waals surface area contributed by atoms with Gasteiger partial charge in [-0.25, -0.2) is 4.39 Å². The molecule has 1 atom stereocenters. The smallest absolute Gasteiger partial charge is 0.286 e. The Morgan fingerprint density at radius 1 is 1.48 bits per heavy atom. The summed E-state index contributed by atoms with van der Waals surface area (Å²) in [6, 6.07) is 5.07. The molecule has 11 heteroatoms. The molecule has 162 valence electrons. The number of anilines is 1. The lowest BCUT2D eigenvalue weighted by molar-refractivity contribution is 0.101. The van der Waals surface area contributed by atoms with Crippen LogP contribution in [0.25, 0.3) is 0 Å². The Balaban J connectivity index is 2.42. The first-order chi connectivity index (χ1) is 14.6. The monoisotopic (exact) mass is 446 g/mol. The molecule has 2 N–H and O–H groups in total. The highest BCUT2D eigenvalue weighted by atomic mass is 32.2. The molecule has 0 fully saturated rings. The minimum atomic E-state index is -4.21. The third-order valence-electron chi connectivity index (χ3n) is 4.06. The van der Waals surface area contributed by atoms with Gasteiger partial charge in [-0.1, -0.05) is 5.92 Å². The molecule has 0 aliphatic heterocycles. The highest BCUT2D eigenvalue weighted by molar-refractivity contribution is 7.90. The maximum absolute atomic E-state index is 13.5. The fraction of sp³-hybridized carbons (Fsp3) is 0.250. The number of aliphatic hydroxyl groups excluding tert-OH is 1. The first-order valence-electron chi connectivity index (χ1n) is 8.81. The van der Waals surface area contributed by atoms with Crippen LogP contribution in [0.3, 0.4) is 0 Å². The van der Waals surface area contributed by atoms with E-state index in [1.54, 1.807) is 13.0 Å². The van der Waals surface area contributed by atoms with Gasteiger partial charge in [-0.05, 0) is 25.1 Å². The Kier molecular flexibility index (Phi) is 7.53. The standard InChI is InChI=1S/C20H19FN4O5S/c1-4-5-15(26)8-9-30-19-17(31(28,29)23-2)12-25(3)18(19)20(27)24-14-6-7-16(21)13(10-14)11-22/h6-7,10,12,15,26H,2,8-9H2,1,3H3,(H,24,27)/t15-/m0/s1. The van der Waals surface area contributed by atoms with Crippen molar-refractivity contribution in [2.45, 2.75) is 24.3 Å².